The summed E-state index contributed by atoms with van der Waals surface area (Å²) in [5.74, 6) is 3.86. The largest absolute Gasteiger partial charge is 0.491 e. The first kappa shape index (κ1) is 55.8. The molecule has 394 valence electrons. The molecule has 1 aliphatic carbocycles. The van der Waals surface area contributed by atoms with Gasteiger partial charge in [-0.05, 0) is 90.4 Å². The van der Waals surface area contributed by atoms with E-state index in [1.54, 1.807) is 36.2 Å². The minimum atomic E-state index is -3.39. The number of thioether (sulfide) groups is 2. The minimum absolute atomic E-state index is 0.0637. The maximum atomic E-state index is 11.5. The number of piperazine rings is 1. The number of morpholine rings is 1. The molecule has 4 fully saturated rings. The SMILES string of the molecule is C1CC2(C1)CNC2.C1CN2CCOCC2CN1.O=S1(=O)CCOc2ccccc21.O=S1(=O)CCS(=O)(=O)c2ccccc21.O=S1CCOc2ccccc21.c1ccc2c(c1)CNS2.c1ccc2c(c1)SCCS2. The number of hydrogen-bond donors (Lipinski definition) is 3. The van der Waals surface area contributed by atoms with Gasteiger partial charge in [0.05, 0.1) is 61.7 Å². The van der Waals surface area contributed by atoms with Gasteiger partial charge in [-0.1, -0.05) is 73.2 Å². The Balaban J connectivity index is 0.000000114. The molecule has 0 aromatic heterocycles. The highest BCUT2D eigenvalue weighted by molar-refractivity contribution is 8.05. The first-order valence-corrected chi connectivity index (χ1v) is 33.5. The van der Waals surface area contributed by atoms with Crippen LogP contribution in [0.1, 0.15) is 24.8 Å². The maximum Gasteiger partial charge on any atom is 0.185 e. The molecule has 3 N–H and O–H groups in total. The molecule has 21 heteroatoms. The summed E-state index contributed by atoms with van der Waals surface area (Å²) in [5, 5.41) is 6.67. The van der Waals surface area contributed by atoms with E-state index in [4.69, 9.17) is 14.2 Å². The number of nitrogens with one attached hydrogen (secondary N) is 3. The van der Waals surface area contributed by atoms with Gasteiger partial charge in [0.15, 0.2) is 29.5 Å². The lowest BCUT2D eigenvalue weighted by Gasteiger charge is -2.49. The Hall–Kier alpha value is -3.45. The first-order chi connectivity index (χ1) is 35.3. The molecule has 14 nitrogen and oxygen atoms in total. The van der Waals surface area contributed by atoms with Crippen LogP contribution in [0, 0.1) is 5.41 Å². The van der Waals surface area contributed by atoms with Crippen molar-refractivity contribution < 1.29 is 43.7 Å². The van der Waals surface area contributed by atoms with Crippen molar-refractivity contribution in [1.29, 1.82) is 0 Å². The molecule has 0 amide bonds. The van der Waals surface area contributed by atoms with Crippen LogP contribution >= 0.6 is 35.5 Å². The lowest BCUT2D eigenvalue weighted by molar-refractivity contribution is -0.0168. The Labute approximate surface area is 446 Å². The maximum absolute atomic E-state index is 11.5. The van der Waals surface area contributed by atoms with Crippen molar-refractivity contribution in [1.82, 2.24) is 20.3 Å². The van der Waals surface area contributed by atoms with E-state index in [2.05, 4.69) is 68.8 Å². The molecule has 1 saturated carbocycles. The molecule has 8 heterocycles. The van der Waals surface area contributed by atoms with Crippen LogP contribution in [0.2, 0.25) is 0 Å². The van der Waals surface area contributed by atoms with E-state index in [9.17, 15) is 29.5 Å². The van der Waals surface area contributed by atoms with Crippen LogP contribution in [-0.4, -0.2) is 141 Å². The predicted molar refractivity (Wildman–Crippen MR) is 293 cm³/mol. The average Bonchev–Trinajstić information content (AvgIpc) is 3.88. The summed E-state index contributed by atoms with van der Waals surface area (Å²) in [6.45, 7) is 10.9. The van der Waals surface area contributed by atoms with Crippen LogP contribution in [0.5, 0.6) is 11.5 Å². The molecule has 2 unspecified atom stereocenters. The molecule has 14 rings (SSSR count). The zero-order valence-corrected chi connectivity index (χ0v) is 46.4. The van der Waals surface area contributed by atoms with E-state index in [1.807, 2.05) is 47.8 Å². The van der Waals surface area contributed by atoms with E-state index in [-0.39, 0.29) is 33.7 Å². The summed E-state index contributed by atoms with van der Waals surface area (Å²) in [7, 11) is -10.7. The molecular formula is C52H64N4O10S7. The highest BCUT2D eigenvalue weighted by Gasteiger charge is 2.41. The van der Waals surface area contributed by atoms with E-state index >= 15 is 0 Å². The van der Waals surface area contributed by atoms with Crippen LogP contribution in [0.3, 0.4) is 0 Å². The summed E-state index contributed by atoms with van der Waals surface area (Å²) in [6.07, 6.45) is 4.49. The van der Waals surface area contributed by atoms with Crippen molar-refractivity contribution in [2.45, 2.75) is 66.1 Å². The summed E-state index contributed by atoms with van der Waals surface area (Å²) in [6, 6.07) is 37.6. The van der Waals surface area contributed by atoms with Crippen LogP contribution in [-0.2, 0) is 51.6 Å². The second-order valence-corrected chi connectivity index (χ2v) is 29.1. The summed E-state index contributed by atoms with van der Waals surface area (Å²) < 4.78 is 99.1. The Morgan fingerprint density at radius 2 is 1.18 bits per heavy atom. The Morgan fingerprint density at radius 1 is 0.603 bits per heavy atom. The monoisotopic (exact) mass is 1130 g/mol. The molecule has 3 saturated heterocycles. The van der Waals surface area contributed by atoms with Crippen molar-refractivity contribution in [2.24, 2.45) is 5.41 Å². The lowest BCUT2D eigenvalue weighted by atomic mass is 9.65. The summed E-state index contributed by atoms with van der Waals surface area (Å²) >= 11 is 5.65. The zero-order chi connectivity index (χ0) is 51.2. The molecule has 8 aliphatic heterocycles. The normalized spacial score (nSPS) is 23.1. The van der Waals surface area contributed by atoms with Gasteiger partial charge in [-0.2, -0.15) is 0 Å². The van der Waals surface area contributed by atoms with Gasteiger partial charge in [-0.15, -0.1) is 23.5 Å². The van der Waals surface area contributed by atoms with Crippen molar-refractivity contribution in [3.05, 3.63) is 127 Å². The number of nitrogens with zero attached hydrogens (tertiary/aromatic N) is 1. The van der Waals surface area contributed by atoms with Crippen LogP contribution in [0.25, 0.3) is 0 Å². The fourth-order valence-corrected chi connectivity index (χ4v) is 18.4. The van der Waals surface area contributed by atoms with Crippen LogP contribution < -0.4 is 24.8 Å². The summed E-state index contributed by atoms with van der Waals surface area (Å²) in [5.41, 5.74) is 2.25. The van der Waals surface area contributed by atoms with E-state index < -0.39 is 40.3 Å². The molecule has 5 aromatic rings. The highest BCUT2D eigenvalue weighted by Crippen LogP contribution is 2.43. The number of rotatable bonds is 0. The van der Waals surface area contributed by atoms with Gasteiger partial charge in [0.2, 0.25) is 0 Å². The Kier molecular flexibility index (Phi) is 20.3. The standard InChI is InChI=1S/C8H8O4S2.C8H8O3S.C8H8O2S.C8H8S2.C7H14N2O.C7H7NS.C6H11N/c9-13(10)5-6-14(11,12)8-4-2-1-3-7(8)13;9-12(10)6-5-11-7-3-1-2-4-8(7)12;9-11-6-5-10-7-3-1-2-4-8(7)11;1-2-4-8-7(3-1)9-5-6-10-8;1-2-9-3-4-10-6-7(9)5-8-1;1-2-4-7-6(3-1)5-8-9-7;1-2-6(3-1)4-7-5-6/h1-4H,5-6H2;1-4H,5-6H2;1-4H,5-6H2;1-4H,5-6H2;7-8H,1-6H2;1-4,8H,5H2;7H,1-5H2. The lowest BCUT2D eigenvalue weighted by Crippen LogP contribution is -2.57. The van der Waals surface area contributed by atoms with Gasteiger partial charge in [-0.3, -0.25) is 13.8 Å². The quantitative estimate of drug-likeness (QED) is 0.134. The number of hydrogen-bond acceptors (Lipinski definition) is 17. The third kappa shape index (κ3) is 15.4. The van der Waals surface area contributed by atoms with Crippen LogP contribution in [0.4, 0.5) is 0 Å². The number of para-hydroxylation sites is 2. The van der Waals surface area contributed by atoms with Crippen molar-refractivity contribution in [3.63, 3.8) is 0 Å². The molecular weight excluding hydrogens is 1070 g/mol. The molecule has 0 bridgehead atoms. The number of fused-ring (bicyclic) bond motifs is 6. The smallest absolute Gasteiger partial charge is 0.185 e. The number of benzene rings is 5. The first-order valence-electron chi connectivity index (χ1n) is 24.5. The third-order valence-electron chi connectivity index (χ3n) is 13.1. The highest BCUT2D eigenvalue weighted by atomic mass is 32.2. The number of ether oxygens (including phenoxy) is 3. The molecule has 0 radical (unpaired) electrons. The van der Waals surface area contributed by atoms with Gasteiger partial charge >= 0.3 is 0 Å². The second-order valence-electron chi connectivity index (χ2n) is 18.1. The zero-order valence-electron chi connectivity index (χ0n) is 40.7. The number of sulfone groups is 3. The van der Waals surface area contributed by atoms with E-state index in [0.29, 0.717) is 29.0 Å². The second kappa shape index (κ2) is 26.5. The van der Waals surface area contributed by atoms with Crippen LogP contribution in [0.15, 0.2) is 156 Å². The molecule has 2 atom stereocenters. The molecule has 5 aromatic carbocycles. The minimum Gasteiger partial charge on any atom is -0.491 e. The fraction of sp³-hybridized carbons (Fsp3) is 0.423. The van der Waals surface area contributed by atoms with Gasteiger partial charge in [0, 0.05) is 78.0 Å². The van der Waals surface area contributed by atoms with Crippen molar-refractivity contribution in [2.75, 3.05) is 100 Å². The van der Waals surface area contributed by atoms with Crippen molar-refractivity contribution >= 4 is 75.8 Å². The molecule has 1 spiro atoms. The molecule has 9 aliphatic rings. The van der Waals surface area contributed by atoms with Gasteiger partial charge < -0.3 is 24.8 Å². The van der Waals surface area contributed by atoms with Crippen molar-refractivity contribution in [3.8, 4) is 11.5 Å². The molecule has 73 heavy (non-hydrogen) atoms. The van der Waals surface area contributed by atoms with Gasteiger partial charge in [-0.25, -0.2) is 25.3 Å². The topological polar surface area (TPSA) is 187 Å². The summed E-state index contributed by atoms with van der Waals surface area (Å²) in [4.78, 5) is 7.82. The Morgan fingerprint density at radius 3 is 1.75 bits per heavy atom. The predicted octanol–water partition coefficient (Wildman–Crippen LogP) is 7.02. The fourth-order valence-electron chi connectivity index (χ4n) is 8.80. The van der Waals surface area contributed by atoms with Gasteiger partial charge in [0.25, 0.3) is 0 Å². The third-order valence-corrected chi connectivity index (χ3v) is 23.6. The Bertz CT molecular complexity index is 2850. The van der Waals surface area contributed by atoms with Gasteiger partial charge in [0.1, 0.15) is 29.6 Å². The van der Waals surface area contributed by atoms with E-state index in [1.165, 1.54) is 94.9 Å². The average molecular weight is 1130 g/mol. The van der Waals surface area contributed by atoms with E-state index in [0.717, 1.165) is 55.5 Å².